The molecule has 1 N–H and O–H groups in total. The van der Waals surface area contributed by atoms with Gasteiger partial charge in [0.15, 0.2) is 5.60 Å². The van der Waals surface area contributed by atoms with Crippen LogP contribution in [0.4, 0.5) is 0 Å². The summed E-state index contributed by atoms with van der Waals surface area (Å²) in [5.74, 6) is -1.87. The second kappa shape index (κ2) is 4.29. The van der Waals surface area contributed by atoms with Crippen LogP contribution in [0.5, 0.6) is 0 Å². The molecule has 2 rings (SSSR count). The fraction of sp³-hybridized carbons (Fsp3) is 0.286. The minimum Gasteiger partial charge on any atom is -0.475 e. The Morgan fingerprint density at radius 1 is 1.33 bits per heavy atom. The Morgan fingerprint density at radius 3 is 2.39 bits per heavy atom. The lowest BCUT2D eigenvalue weighted by Crippen LogP contribution is -2.30. The molecular formula is C14H14O4. The van der Waals surface area contributed by atoms with Crippen LogP contribution in [0.25, 0.3) is 0 Å². The van der Waals surface area contributed by atoms with Crippen LogP contribution in [-0.2, 0) is 26.3 Å². The predicted molar refractivity (Wildman–Crippen MR) is 65.0 cm³/mol. The lowest BCUT2D eigenvalue weighted by molar-refractivity contribution is -0.141. The van der Waals surface area contributed by atoms with Gasteiger partial charge in [-0.15, -0.1) is 0 Å². The second-order valence-electron chi connectivity index (χ2n) is 4.36. The molecule has 1 aromatic carbocycles. The van der Waals surface area contributed by atoms with Crippen molar-refractivity contribution in [1.29, 1.82) is 0 Å². The molecule has 0 fully saturated rings. The van der Waals surface area contributed by atoms with Gasteiger partial charge in [0.05, 0.1) is 0 Å². The Morgan fingerprint density at radius 2 is 1.94 bits per heavy atom. The van der Waals surface area contributed by atoms with Crippen molar-refractivity contribution in [2.24, 2.45) is 0 Å². The topological polar surface area (TPSA) is 63.6 Å². The molecule has 0 aliphatic carbocycles. The van der Waals surface area contributed by atoms with E-state index in [1.807, 2.05) is 19.1 Å². The number of carboxylic acids is 1. The number of aryl methyl sites for hydroxylation is 1. The molecule has 1 aromatic rings. The summed E-state index contributed by atoms with van der Waals surface area (Å²) in [5, 5.41) is 8.85. The molecule has 0 saturated carbocycles. The molecule has 1 aliphatic heterocycles. The van der Waals surface area contributed by atoms with Crippen LogP contribution in [0.3, 0.4) is 0 Å². The summed E-state index contributed by atoms with van der Waals surface area (Å²) in [5.41, 5.74) is 0.594. The van der Waals surface area contributed by atoms with Gasteiger partial charge in [0.1, 0.15) is 0 Å². The molecule has 18 heavy (non-hydrogen) atoms. The quantitative estimate of drug-likeness (QED) is 0.886. The van der Waals surface area contributed by atoms with Crippen LogP contribution in [0, 0.1) is 0 Å². The van der Waals surface area contributed by atoms with Crippen LogP contribution in [0.15, 0.2) is 36.1 Å². The predicted octanol–water partition coefficient (Wildman–Crippen LogP) is 2.03. The highest BCUT2D eigenvalue weighted by Gasteiger charge is 2.43. The van der Waals surface area contributed by atoms with Crippen LogP contribution < -0.4 is 0 Å². The van der Waals surface area contributed by atoms with Crippen LogP contribution >= 0.6 is 0 Å². The van der Waals surface area contributed by atoms with E-state index in [0.717, 1.165) is 18.1 Å². The van der Waals surface area contributed by atoms with Gasteiger partial charge in [-0.25, -0.2) is 4.79 Å². The number of aliphatic carboxylic acids is 1. The zero-order valence-electron chi connectivity index (χ0n) is 10.3. The summed E-state index contributed by atoms with van der Waals surface area (Å²) >= 11 is 0. The first-order valence-corrected chi connectivity index (χ1v) is 5.75. The van der Waals surface area contributed by atoms with Crippen molar-refractivity contribution in [3.8, 4) is 0 Å². The van der Waals surface area contributed by atoms with E-state index in [9.17, 15) is 9.59 Å². The number of rotatable bonds is 3. The largest absolute Gasteiger partial charge is 0.475 e. The average molecular weight is 246 g/mol. The van der Waals surface area contributed by atoms with Crippen LogP contribution in [0.2, 0.25) is 0 Å². The molecule has 0 aromatic heterocycles. The summed E-state index contributed by atoms with van der Waals surface area (Å²) in [6.45, 7) is 3.63. The van der Waals surface area contributed by atoms with E-state index in [-0.39, 0.29) is 11.5 Å². The van der Waals surface area contributed by atoms with E-state index in [0.29, 0.717) is 5.56 Å². The first-order chi connectivity index (χ1) is 8.47. The molecule has 1 unspecified atom stereocenters. The van der Waals surface area contributed by atoms with Gasteiger partial charge in [0, 0.05) is 11.6 Å². The highest BCUT2D eigenvalue weighted by molar-refractivity contribution is 6.05. The number of ketones is 1. The Balaban J connectivity index is 2.33. The van der Waals surface area contributed by atoms with E-state index in [1.165, 1.54) is 0 Å². The highest BCUT2D eigenvalue weighted by Crippen LogP contribution is 2.34. The summed E-state index contributed by atoms with van der Waals surface area (Å²) in [4.78, 5) is 22.7. The average Bonchev–Trinajstić information content (AvgIpc) is 2.67. The zero-order chi connectivity index (χ0) is 13.3. The molecule has 0 radical (unpaired) electrons. The molecular weight excluding hydrogens is 232 g/mol. The van der Waals surface area contributed by atoms with E-state index < -0.39 is 11.6 Å². The van der Waals surface area contributed by atoms with Crippen molar-refractivity contribution in [2.45, 2.75) is 25.9 Å². The molecule has 1 aliphatic rings. The molecule has 94 valence electrons. The molecule has 1 heterocycles. The third kappa shape index (κ3) is 1.90. The van der Waals surface area contributed by atoms with E-state index in [4.69, 9.17) is 9.84 Å². The van der Waals surface area contributed by atoms with Gasteiger partial charge in [-0.1, -0.05) is 31.2 Å². The summed E-state index contributed by atoms with van der Waals surface area (Å²) in [7, 11) is 0. The van der Waals surface area contributed by atoms with Crippen LogP contribution in [0.1, 0.15) is 25.0 Å². The maximum atomic E-state index is 11.9. The SMILES string of the molecule is CCc1ccc(C2(C)OC(C(=O)O)=CC2=O)cc1. The third-order valence-electron chi connectivity index (χ3n) is 3.17. The van der Waals surface area contributed by atoms with Gasteiger partial charge >= 0.3 is 5.97 Å². The molecule has 0 bridgehead atoms. The van der Waals surface area contributed by atoms with Crippen molar-refractivity contribution in [1.82, 2.24) is 0 Å². The number of carboxylic acid groups (broad SMARTS) is 1. The number of benzene rings is 1. The Labute approximate surface area is 105 Å². The molecule has 4 heteroatoms. The van der Waals surface area contributed by atoms with E-state index >= 15 is 0 Å². The molecule has 0 amide bonds. The Hall–Kier alpha value is -2.10. The monoisotopic (exact) mass is 246 g/mol. The lowest BCUT2D eigenvalue weighted by atomic mass is 9.91. The minimum absolute atomic E-state index is 0.304. The summed E-state index contributed by atoms with van der Waals surface area (Å²) in [6.07, 6.45) is 1.94. The second-order valence-corrected chi connectivity index (χ2v) is 4.36. The van der Waals surface area contributed by atoms with Crippen molar-refractivity contribution in [3.05, 3.63) is 47.2 Å². The fourth-order valence-electron chi connectivity index (χ4n) is 1.92. The summed E-state index contributed by atoms with van der Waals surface area (Å²) in [6, 6.07) is 7.43. The number of hydrogen-bond donors (Lipinski definition) is 1. The standard InChI is InChI=1S/C14H14O4/c1-3-9-4-6-10(7-5-9)14(2)12(15)8-11(18-14)13(16)17/h4-8H,3H2,1-2H3,(H,16,17). The number of ether oxygens (including phenoxy) is 1. The smallest absolute Gasteiger partial charge is 0.371 e. The van der Waals surface area contributed by atoms with Crippen molar-refractivity contribution in [3.63, 3.8) is 0 Å². The zero-order valence-corrected chi connectivity index (χ0v) is 10.3. The van der Waals surface area contributed by atoms with Crippen molar-refractivity contribution < 1.29 is 19.4 Å². The van der Waals surface area contributed by atoms with Crippen molar-refractivity contribution >= 4 is 11.8 Å². The molecule has 4 nitrogen and oxygen atoms in total. The fourth-order valence-corrected chi connectivity index (χ4v) is 1.92. The van der Waals surface area contributed by atoms with Gasteiger partial charge in [-0.05, 0) is 18.9 Å². The number of carbonyl (C=O) groups is 2. The van der Waals surface area contributed by atoms with Crippen molar-refractivity contribution in [2.75, 3.05) is 0 Å². The van der Waals surface area contributed by atoms with Gasteiger partial charge in [0.2, 0.25) is 11.5 Å². The first kappa shape index (κ1) is 12.4. The molecule has 0 spiro atoms. The van der Waals surface area contributed by atoms with E-state index in [1.54, 1.807) is 19.1 Å². The Kier molecular flexibility index (Phi) is 2.95. The number of hydrogen-bond acceptors (Lipinski definition) is 3. The Bertz CT molecular complexity index is 527. The lowest BCUT2D eigenvalue weighted by Gasteiger charge is -2.23. The van der Waals surface area contributed by atoms with Gasteiger partial charge in [-0.2, -0.15) is 0 Å². The minimum atomic E-state index is -1.22. The van der Waals surface area contributed by atoms with Gasteiger partial charge < -0.3 is 9.84 Å². The van der Waals surface area contributed by atoms with E-state index in [2.05, 4.69) is 0 Å². The maximum absolute atomic E-state index is 11.9. The maximum Gasteiger partial charge on any atom is 0.371 e. The normalized spacial score (nSPS) is 22.6. The molecule has 0 saturated heterocycles. The number of carbonyl (C=O) groups excluding carboxylic acids is 1. The highest BCUT2D eigenvalue weighted by atomic mass is 16.5. The van der Waals surface area contributed by atoms with Gasteiger partial charge in [0.25, 0.3) is 0 Å². The molecule has 1 atom stereocenters. The first-order valence-electron chi connectivity index (χ1n) is 5.75. The third-order valence-corrected chi connectivity index (χ3v) is 3.17. The summed E-state index contributed by atoms with van der Waals surface area (Å²) < 4.78 is 5.29. The van der Waals surface area contributed by atoms with Gasteiger partial charge in [-0.3, -0.25) is 4.79 Å². The van der Waals surface area contributed by atoms with Crippen LogP contribution in [-0.4, -0.2) is 16.9 Å².